The van der Waals surface area contributed by atoms with Gasteiger partial charge in [-0.1, -0.05) is 0 Å². The number of benzene rings is 1. The lowest BCUT2D eigenvalue weighted by molar-refractivity contribution is 0.626. The van der Waals surface area contributed by atoms with Gasteiger partial charge in [-0.2, -0.15) is 0 Å². The summed E-state index contributed by atoms with van der Waals surface area (Å²) in [7, 11) is 1.95. The van der Waals surface area contributed by atoms with Crippen LogP contribution in [0.5, 0.6) is 0 Å². The van der Waals surface area contributed by atoms with Gasteiger partial charge in [-0.25, -0.2) is 4.39 Å². The predicted molar refractivity (Wildman–Crippen MR) is 55.7 cm³/mol. The first-order valence-electron chi connectivity index (χ1n) is 4.36. The molecule has 0 saturated heterocycles. The Morgan fingerprint density at radius 2 is 2.00 bits per heavy atom. The third kappa shape index (κ3) is 4.29. The summed E-state index contributed by atoms with van der Waals surface area (Å²) >= 11 is 1.76. The molecule has 0 radical (unpaired) electrons. The lowest BCUT2D eigenvalue weighted by Gasteiger charge is -2.00. The van der Waals surface area contributed by atoms with Crippen LogP contribution in [0.15, 0.2) is 29.2 Å². The van der Waals surface area contributed by atoms with Gasteiger partial charge in [-0.15, -0.1) is 11.8 Å². The van der Waals surface area contributed by atoms with Crippen molar-refractivity contribution in [3.63, 3.8) is 0 Å². The van der Waals surface area contributed by atoms with E-state index >= 15 is 0 Å². The van der Waals surface area contributed by atoms with E-state index in [-0.39, 0.29) is 5.82 Å². The molecular weight excluding hydrogens is 185 g/mol. The Morgan fingerprint density at radius 3 is 2.62 bits per heavy atom. The van der Waals surface area contributed by atoms with Crippen molar-refractivity contribution in [2.75, 3.05) is 19.3 Å². The molecule has 0 amide bonds. The number of halogens is 1. The maximum atomic E-state index is 12.5. The van der Waals surface area contributed by atoms with Crippen LogP contribution < -0.4 is 5.32 Å². The molecule has 0 saturated carbocycles. The van der Waals surface area contributed by atoms with E-state index in [1.54, 1.807) is 11.8 Å². The third-order valence-corrected chi connectivity index (χ3v) is 2.75. The summed E-state index contributed by atoms with van der Waals surface area (Å²) in [6, 6.07) is 6.64. The van der Waals surface area contributed by atoms with E-state index in [0.717, 1.165) is 23.6 Å². The first-order valence-corrected chi connectivity index (χ1v) is 5.34. The first-order chi connectivity index (χ1) is 6.33. The zero-order chi connectivity index (χ0) is 9.52. The molecule has 0 aliphatic carbocycles. The SMILES string of the molecule is CNCCCSc1ccc(F)cc1. The Labute approximate surface area is 82.7 Å². The van der Waals surface area contributed by atoms with Gasteiger partial charge in [0.1, 0.15) is 5.82 Å². The molecular formula is C10H14FNS. The minimum absolute atomic E-state index is 0.167. The van der Waals surface area contributed by atoms with Crippen molar-refractivity contribution in [2.45, 2.75) is 11.3 Å². The van der Waals surface area contributed by atoms with Crippen LogP contribution in [-0.4, -0.2) is 19.3 Å². The molecule has 0 aliphatic heterocycles. The zero-order valence-corrected chi connectivity index (χ0v) is 8.53. The van der Waals surface area contributed by atoms with Gasteiger partial charge in [-0.05, 0) is 50.0 Å². The smallest absolute Gasteiger partial charge is 0.123 e. The summed E-state index contributed by atoms with van der Waals surface area (Å²) in [6.07, 6.45) is 1.14. The van der Waals surface area contributed by atoms with E-state index in [0.29, 0.717) is 0 Å². The van der Waals surface area contributed by atoms with Gasteiger partial charge < -0.3 is 5.32 Å². The molecule has 0 atom stereocenters. The summed E-state index contributed by atoms with van der Waals surface area (Å²) in [5.74, 6) is 0.909. The van der Waals surface area contributed by atoms with Gasteiger partial charge in [0.2, 0.25) is 0 Å². The molecule has 0 heterocycles. The summed E-state index contributed by atoms with van der Waals surface area (Å²) in [5.41, 5.74) is 0. The van der Waals surface area contributed by atoms with E-state index in [1.807, 2.05) is 19.2 Å². The molecule has 1 rings (SSSR count). The van der Waals surface area contributed by atoms with Crippen LogP contribution in [0.25, 0.3) is 0 Å². The van der Waals surface area contributed by atoms with Gasteiger partial charge in [0.15, 0.2) is 0 Å². The second-order valence-electron chi connectivity index (χ2n) is 2.76. The Morgan fingerprint density at radius 1 is 1.31 bits per heavy atom. The van der Waals surface area contributed by atoms with Gasteiger partial charge in [0.05, 0.1) is 0 Å². The van der Waals surface area contributed by atoms with Crippen LogP contribution in [0, 0.1) is 5.82 Å². The molecule has 72 valence electrons. The lowest BCUT2D eigenvalue weighted by atomic mass is 10.4. The lowest BCUT2D eigenvalue weighted by Crippen LogP contribution is -2.07. The predicted octanol–water partition coefficient (Wildman–Crippen LogP) is 2.53. The molecule has 0 aromatic heterocycles. The van der Waals surface area contributed by atoms with E-state index in [1.165, 1.54) is 12.1 Å². The second kappa shape index (κ2) is 6.00. The number of nitrogens with one attached hydrogen (secondary N) is 1. The molecule has 0 fully saturated rings. The maximum Gasteiger partial charge on any atom is 0.123 e. The molecule has 0 bridgehead atoms. The van der Waals surface area contributed by atoms with Crippen LogP contribution in [0.3, 0.4) is 0 Å². The van der Waals surface area contributed by atoms with Crippen molar-refractivity contribution in [1.29, 1.82) is 0 Å². The highest BCUT2D eigenvalue weighted by Crippen LogP contribution is 2.18. The van der Waals surface area contributed by atoms with Gasteiger partial charge in [-0.3, -0.25) is 0 Å². The van der Waals surface area contributed by atoms with Crippen LogP contribution in [0.1, 0.15) is 6.42 Å². The monoisotopic (exact) mass is 199 g/mol. The number of hydrogen-bond acceptors (Lipinski definition) is 2. The summed E-state index contributed by atoms with van der Waals surface area (Å²) in [6.45, 7) is 1.04. The number of thioether (sulfide) groups is 1. The molecule has 13 heavy (non-hydrogen) atoms. The maximum absolute atomic E-state index is 12.5. The van der Waals surface area contributed by atoms with Crippen molar-refractivity contribution in [2.24, 2.45) is 0 Å². The average molecular weight is 199 g/mol. The minimum Gasteiger partial charge on any atom is -0.320 e. The fraction of sp³-hybridized carbons (Fsp3) is 0.400. The van der Waals surface area contributed by atoms with E-state index in [4.69, 9.17) is 0 Å². The molecule has 1 aromatic carbocycles. The highest BCUT2D eigenvalue weighted by Gasteiger charge is 1.93. The van der Waals surface area contributed by atoms with Crippen LogP contribution in [0.4, 0.5) is 4.39 Å². The topological polar surface area (TPSA) is 12.0 Å². The van der Waals surface area contributed by atoms with Gasteiger partial charge in [0, 0.05) is 4.90 Å². The molecule has 1 nitrogen and oxygen atoms in total. The van der Waals surface area contributed by atoms with Crippen molar-refractivity contribution >= 4 is 11.8 Å². The molecule has 3 heteroatoms. The van der Waals surface area contributed by atoms with Crippen molar-refractivity contribution in [3.8, 4) is 0 Å². The highest BCUT2D eigenvalue weighted by molar-refractivity contribution is 7.99. The van der Waals surface area contributed by atoms with Gasteiger partial charge in [0.25, 0.3) is 0 Å². The second-order valence-corrected chi connectivity index (χ2v) is 3.93. The Hall–Kier alpha value is -0.540. The fourth-order valence-corrected chi connectivity index (χ4v) is 1.82. The van der Waals surface area contributed by atoms with E-state index in [2.05, 4.69) is 5.32 Å². The van der Waals surface area contributed by atoms with Crippen LogP contribution >= 0.6 is 11.8 Å². The number of hydrogen-bond donors (Lipinski definition) is 1. The third-order valence-electron chi connectivity index (χ3n) is 1.65. The molecule has 1 N–H and O–H groups in total. The Bertz CT molecular complexity index is 235. The van der Waals surface area contributed by atoms with Crippen LogP contribution in [-0.2, 0) is 0 Å². The molecule has 1 aromatic rings. The standard InChI is InChI=1S/C10H14FNS/c1-12-7-2-8-13-10-5-3-9(11)4-6-10/h3-6,12H,2,7-8H2,1H3. The molecule has 0 unspecified atom stereocenters. The molecule has 0 aliphatic rings. The molecule has 0 spiro atoms. The fourth-order valence-electron chi connectivity index (χ4n) is 0.970. The van der Waals surface area contributed by atoms with E-state index < -0.39 is 0 Å². The Kier molecular flexibility index (Phi) is 4.86. The quantitative estimate of drug-likeness (QED) is 0.577. The van der Waals surface area contributed by atoms with Crippen molar-refractivity contribution < 1.29 is 4.39 Å². The van der Waals surface area contributed by atoms with Crippen molar-refractivity contribution in [1.82, 2.24) is 5.32 Å². The normalized spacial score (nSPS) is 10.3. The van der Waals surface area contributed by atoms with Crippen molar-refractivity contribution in [3.05, 3.63) is 30.1 Å². The largest absolute Gasteiger partial charge is 0.320 e. The van der Waals surface area contributed by atoms with Crippen LogP contribution in [0.2, 0.25) is 0 Å². The summed E-state index contributed by atoms with van der Waals surface area (Å²) in [5, 5.41) is 3.09. The van der Waals surface area contributed by atoms with Gasteiger partial charge >= 0.3 is 0 Å². The Balaban J connectivity index is 2.25. The number of rotatable bonds is 5. The highest BCUT2D eigenvalue weighted by atomic mass is 32.2. The summed E-state index contributed by atoms with van der Waals surface area (Å²) in [4.78, 5) is 1.14. The first kappa shape index (κ1) is 10.5. The van der Waals surface area contributed by atoms with E-state index in [9.17, 15) is 4.39 Å². The summed E-state index contributed by atoms with van der Waals surface area (Å²) < 4.78 is 12.5. The average Bonchev–Trinajstić information content (AvgIpc) is 2.15. The zero-order valence-electron chi connectivity index (χ0n) is 7.72. The minimum atomic E-state index is -0.167.